The Balaban J connectivity index is 1.33. The lowest BCUT2D eigenvalue weighted by molar-refractivity contribution is -0.0226. The number of carbonyl (C=O) groups is 1. The van der Waals surface area contributed by atoms with Crippen LogP contribution in [-0.2, 0) is 25.1 Å². The molecule has 1 aliphatic rings. The first-order chi connectivity index (χ1) is 18.8. The van der Waals surface area contributed by atoms with Crippen LogP contribution in [0.5, 0.6) is 0 Å². The zero-order valence-corrected chi connectivity index (χ0v) is 22.6. The summed E-state index contributed by atoms with van der Waals surface area (Å²) in [6.45, 7) is 2.26. The number of nitrogens with one attached hydrogen (secondary N) is 1. The molecule has 206 valence electrons. The Morgan fingerprint density at radius 3 is 2.90 bits per heavy atom. The predicted molar refractivity (Wildman–Crippen MR) is 138 cm³/mol. The number of rotatable bonds is 11. The molecule has 2 N–H and O–H groups in total. The van der Waals surface area contributed by atoms with E-state index < -0.39 is 19.5 Å². The molecule has 13 nitrogen and oxygen atoms in total. The second kappa shape index (κ2) is 11.4. The molecule has 4 aromatic rings. The van der Waals surface area contributed by atoms with E-state index in [-0.39, 0.29) is 36.0 Å². The minimum absolute atomic E-state index is 0.0294. The van der Waals surface area contributed by atoms with Crippen molar-refractivity contribution in [3.05, 3.63) is 53.8 Å². The van der Waals surface area contributed by atoms with Gasteiger partial charge in [0.25, 0.3) is 5.91 Å². The van der Waals surface area contributed by atoms with Gasteiger partial charge in [-0.2, -0.15) is 10.2 Å². The van der Waals surface area contributed by atoms with E-state index in [2.05, 4.69) is 30.0 Å². The fourth-order valence-electron chi connectivity index (χ4n) is 3.96. The third kappa shape index (κ3) is 6.13. The molecule has 1 fully saturated rings. The van der Waals surface area contributed by atoms with E-state index in [1.165, 1.54) is 40.5 Å². The summed E-state index contributed by atoms with van der Waals surface area (Å²) in [4.78, 5) is 31.0. The Hall–Kier alpha value is -3.33. The minimum Gasteiger partial charge on any atom is -0.378 e. The Kier molecular flexibility index (Phi) is 7.98. The Morgan fingerprint density at radius 2 is 2.15 bits per heavy atom. The SMILES string of the molecule is CCOC1CC(n2cc(NC(=O)c3csc(-c4cnn(COP(=O)(O)OC)c4)n3)c(-c3ncccc3F)n2)C1. The van der Waals surface area contributed by atoms with Crippen molar-refractivity contribution < 1.29 is 32.4 Å². The maximum atomic E-state index is 14.6. The number of thiazole rings is 1. The smallest absolute Gasteiger partial charge is 0.378 e. The van der Waals surface area contributed by atoms with Crippen LogP contribution in [0, 0.1) is 5.82 Å². The highest BCUT2D eigenvalue weighted by Crippen LogP contribution is 2.42. The summed E-state index contributed by atoms with van der Waals surface area (Å²) in [5.41, 5.74) is 1.27. The van der Waals surface area contributed by atoms with Crippen LogP contribution in [0.1, 0.15) is 36.3 Å². The summed E-state index contributed by atoms with van der Waals surface area (Å²) in [5, 5.41) is 13.5. The van der Waals surface area contributed by atoms with Gasteiger partial charge in [0.2, 0.25) is 0 Å². The zero-order valence-electron chi connectivity index (χ0n) is 20.9. The minimum atomic E-state index is -4.15. The average molecular weight is 578 g/mol. The maximum Gasteiger partial charge on any atom is 0.473 e. The molecule has 1 atom stereocenters. The number of aromatic nitrogens is 6. The summed E-state index contributed by atoms with van der Waals surface area (Å²) in [6.07, 6.45) is 7.85. The van der Waals surface area contributed by atoms with Gasteiger partial charge in [-0.1, -0.05) is 0 Å². The van der Waals surface area contributed by atoms with Gasteiger partial charge in [-0.3, -0.25) is 23.5 Å². The molecule has 39 heavy (non-hydrogen) atoms. The molecule has 5 rings (SSSR count). The van der Waals surface area contributed by atoms with Crippen molar-refractivity contribution in [2.45, 2.75) is 38.6 Å². The number of hydrogen-bond donors (Lipinski definition) is 2. The number of halogens is 1. The van der Waals surface area contributed by atoms with Crippen LogP contribution in [0.4, 0.5) is 10.1 Å². The van der Waals surface area contributed by atoms with E-state index >= 15 is 0 Å². The number of ether oxygens (including phenoxy) is 1. The lowest BCUT2D eigenvalue weighted by atomic mass is 9.89. The largest absolute Gasteiger partial charge is 0.473 e. The van der Waals surface area contributed by atoms with Gasteiger partial charge in [0, 0.05) is 43.3 Å². The first kappa shape index (κ1) is 27.2. The van der Waals surface area contributed by atoms with Crippen LogP contribution in [0.25, 0.3) is 22.0 Å². The molecule has 1 unspecified atom stereocenters. The third-order valence-electron chi connectivity index (χ3n) is 6.01. The van der Waals surface area contributed by atoms with Crippen molar-refractivity contribution in [2.75, 3.05) is 19.0 Å². The van der Waals surface area contributed by atoms with E-state index in [0.29, 0.717) is 22.9 Å². The molecule has 0 spiro atoms. The summed E-state index contributed by atoms with van der Waals surface area (Å²) in [6, 6.07) is 2.83. The first-order valence-electron chi connectivity index (χ1n) is 11.9. The van der Waals surface area contributed by atoms with E-state index in [4.69, 9.17) is 9.26 Å². The van der Waals surface area contributed by atoms with Gasteiger partial charge < -0.3 is 14.9 Å². The van der Waals surface area contributed by atoms with Crippen molar-refractivity contribution in [3.8, 4) is 22.0 Å². The molecule has 1 aliphatic carbocycles. The van der Waals surface area contributed by atoms with E-state index in [1.54, 1.807) is 22.5 Å². The van der Waals surface area contributed by atoms with Crippen molar-refractivity contribution in [2.24, 2.45) is 0 Å². The lowest BCUT2D eigenvalue weighted by Crippen LogP contribution is -2.33. The quantitative estimate of drug-likeness (QED) is 0.249. The van der Waals surface area contributed by atoms with Gasteiger partial charge in [-0.15, -0.1) is 11.3 Å². The number of phosphoric ester groups is 1. The van der Waals surface area contributed by atoms with Gasteiger partial charge in [0.1, 0.15) is 22.1 Å². The molecule has 0 radical (unpaired) electrons. The number of nitrogens with zero attached hydrogens (tertiary/aromatic N) is 6. The van der Waals surface area contributed by atoms with Crippen molar-refractivity contribution in [1.29, 1.82) is 0 Å². The van der Waals surface area contributed by atoms with Gasteiger partial charge in [-0.25, -0.2) is 18.6 Å². The first-order valence-corrected chi connectivity index (χ1v) is 14.3. The van der Waals surface area contributed by atoms with Crippen LogP contribution < -0.4 is 5.32 Å². The molecular weight excluding hydrogens is 552 g/mol. The molecule has 0 aromatic carbocycles. The maximum absolute atomic E-state index is 14.6. The fraction of sp³-hybridized carbons (Fsp3) is 0.348. The van der Waals surface area contributed by atoms with Crippen LogP contribution in [0.15, 0.2) is 42.3 Å². The molecule has 4 aromatic heterocycles. The summed E-state index contributed by atoms with van der Waals surface area (Å²) >= 11 is 1.21. The lowest BCUT2D eigenvalue weighted by Gasteiger charge is -2.34. The average Bonchev–Trinajstić information content (AvgIpc) is 3.65. The molecule has 16 heteroatoms. The van der Waals surface area contributed by atoms with E-state index in [9.17, 15) is 18.6 Å². The molecule has 0 aliphatic heterocycles. The van der Waals surface area contributed by atoms with Crippen molar-refractivity contribution in [1.82, 2.24) is 29.5 Å². The molecule has 1 amide bonds. The highest BCUT2D eigenvalue weighted by molar-refractivity contribution is 7.47. The number of phosphoric acid groups is 1. The van der Waals surface area contributed by atoms with E-state index in [1.807, 2.05) is 6.92 Å². The van der Waals surface area contributed by atoms with Gasteiger partial charge in [-0.05, 0) is 31.9 Å². The second-order valence-electron chi connectivity index (χ2n) is 8.58. The Morgan fingerprint density at radius 1 is 1.33 bits per heavy atom. The van der Waals surface area contributed by atoms with Crippen LogP contribution in [0.3, 0.4) is 0 Å². The summed E-state index contributed by atoms with van der Waals surface area (Å²) < 4.78 is 43.9. The molecular formula is C23H25FN7O6PS. The molecule has 0 saturated heterocycles. The molecule has 1 saturated carbocycles. The van der Waals surface area contributed by atoms with Gasteiger partial charge in [0.15, 0.2) is 12.5 Å². The second-order valence-corrected chi connectivity index (χ2v) is 11.0. The number of carbonyl (C=O) groups excluding carboxylic acids is 1. The highest BCUT2D eigenvalue weighted by Gasteiger charge is 2.33. The predicted octanol–water partition coefficient (Wildman–Crippen LogP) is 4.12. The Labute approximate surface area is 226 Å². The van der Waals surface area contributed by atoms with Crippen LogP contribution >= 0.6 is 19.2 Å². The molecule has 0 bridgehead atoms. The normalized spacial score (nSPS) is 18.5. The van der Waals surface area contributed by atoms with E-state index in [0.717, 1.165) is 20.0 Å². The van der Waals surface area contributed by atoms with Gasteiger partial charge >= 0.3 is 7.82 Å². The Bertz CT molecular complexity index is 1520. The van der Waals surface area contributed by atoms with Crippen molar-refractivity contribution >= 4 is 30.8 Å². The summed E-state index contributed by atoms with van der Waals surface area (Å²) in [5.74, 6) is -1.06. The van der Waals surface area contributed by atoms with Crippen LogP contribution in [-0.4, -0.2) is 60.2 Å². The highest BCUT2D eigenvalue weighted by atomic mass is 32.1. The molecule has 4 heterocycles. The number of pyridine rings is 1. The topological polar surface area (TPSA) is 156 Å². The standard InChI is InChI=1S/C23H25FN7O6PS/c1-3-36-16-7-15(8-16)31-11-18(21(29-31)20-17(24)5-4-6-25-20)27-22(32)19-12-39-23(28-19)14-9-26-30(10-14)13-37-38(33,34)35-2/h4-6,9-12,15-16H,3,7-8,13H2,1-2H3,(H,27,32)(H,33,34). The zero-order chi connectivity index (χ0) is 27.6. The fourth-order valence-corrected chi connectivity index (χ4v) is 5.10. The van der Waals surface area contributed by atoms with Crippen LogP contribution in [0.2, 0.25) is 0 Å². The third-order valence-corrected chi connectivity index (χ3v) is 7.80. The number of anilines is 1. The number of amides is 1. The summed E-state index contributed by atoms with van der Waals surface area (Å²) in [7, 11) is -3.09. The monoisotopic (exact) mass is 577 g/mol. The number of hydrogen-bond acceptors (Lipinski definition) is 10. The van der Waals surface area contributed by atoms with Crippen molar-refractivity contribution in [3.63, 3.8) is 0 Å². The van der Waals surface area contributed by atoms with Gasteiger partial charge in [0.05, 0.1) is 24.0 Å².